The molecule has 0 radical (unpaired) electrons. The number of pyridine rings is 1. The Morgan fingerprint density at radius 2 is 1.54 bits per heavy atom. The zero-order valence-corrected chi connectivity index (χ0v) is 23.3. The van der Waals surface area contributed by atoms with E-state index in [-0.39, 0.29) is 12.5 Å². The average Bonchev–Trinajstić information content (AvgIpc) is 3.51. The Kier molecular flexibility index (Phi) is 8.35. The predicted molar refractivity (Wildman–Crippen MR) is 160 cm³/mol. The second-order valence-corrected chi connectivity index (χ2v) is 10.5. The van der Waals surface area contributed by atoms with Gasteiger partial charge in [-0.25, -0.2) is 0 Å². The fourth-order valence-electron chi connectivity index (χ4n) is 5.61. The van der Waals surface area contributed by atoms with E-state index in [0.29, 0.717) is 12.4 Å². The molecule has 1 N–H and O–H groups in total. The SMILES string of the molecule is C=C(NCC(=O)N1CCN(c2c(C)cccc2C)CC1)n1cccc/c1=N/Cc1ccc(N2CCCC2)cc1. The van der Waals surface area contributed by atoms with Crippen LogP contribution in [0.1, 0.15) is 29.5 Å². The number of carbonyl (C=O) groups excluding carboxylic acids is 1. The summed E-state index contributed by atoms with van der Waals surface area (Å²) < 4.78 is 1.91. The highest BCUT2D eigenvalue weighted by atomic mass is 16.2. The number of hydrogen-bond donors (Lipinski definition) is 1. The molecular formula is C32H40N6O. The van der Waals surface area contributed by atoms with E-state index in [2.05, 4.69) is 78.0 Å². The first-order valence-electron chi connectivity index (χ1n) is 14.0. The van der Waals surface area contributed by atoms with Gasteiger partial charge < -0.3 is 20.0 Å². The lowest BCUT2D eigenvalue weighted by molar-refractivity contribution is -0.130. The molecule has 3 aromatic rings. The van der Waals surface area contributed by atoms with Crippen molar-refractivity contribution < 1.29 is 4.79 Å². The summed E-state index contributed by atoms with van der Waals surface area (Å²) >= 11 is 0. The number of rotatable bonds is 8. The fraction of sp³-hybridized carbons (Fsp3) is 0.375. The smallest absolute Gasteiger partial charge is 0.242 e. The minimum absolute atomic E-state index is 0.0883. The van der Waals surface area contributed by atoms with Gasteiger partial charge in [-0.2, -0.15) is 0 Å². The number of nitrogens with one attached hydrogen (secondary N) is 1. The maximum Gasteiger partial charge on any atom is 0.242 e. The van der Waals surface area contributed by atoms with Gasteiger partial charge in [0.05, 0.1) is 13.1 Å². The Balaban J connectivity index is 1.15. The number of benzene rings is 2. The predicted octanol–water partition coefficient (Wildman–Crippen LogP) is 4.17. The number of piperazine rings is 1. The molecule has 1 amide bonds. The minimum Gasteiger partial charge on any atom is -0.372 e. The molecule has 204 valence electrons. The Bertz CT molecular complexity index is 1340. The first-order valence-corrected chi connectivity index (χ1v) is 14.0. The number of carbonyl (C=O) groups is 1. The van der Waals surface area contributed by atoms with Gasteiger partial charge in [0, 0.05) is 56.8 Å². The van der Waals surface area contributed by atoms with Gasteiger partial charge in [-0.05, 0) is 67.6 Å². The zero-order valence-electron chi connectivity index (χ0n) is 23.3. The monoisotopic (exact) mass is 524 g/mol. The van der Waals surface area contributed by atoms with Crippen LogP contribution >= 0.6 is 0 Å². The van der Waals surface area contributed by atoms with Gasteiger partial charge in [0.25, 0.3) is 0 Å². The molecule has 2 saturated heterocycles. The van der Waals surface area contributed by atoms with E-state index in [1.165, 1.54) is 40.9 Å². The highest BCUT2D eigenvalue weighted by molar-refractivity contribution is 5.79. The topological polar surface area (TPSA) is 56.1 Å². The number of para-hydroxylation sites is 1. The Hall–Kier alpha value is -4.00. The molecule has 5 rings (SSSR count). The fourth-order valence-corrected chi connectivity index (χ4v) is 5.61. The summed E-state index contributed by atoms with van der Waals surface area (Å²) in [6.07, 6.45) is 4.48. The first kappa shape index (κ1) is 26.6. The number of amides is 1. The van der Waals surface area contributed by atoms with Gasteiger partial charge in [-0.15, -0.1) is 0 Å². The van der Waals surface area contributed by atoms with Crippen LogP contribution in [0.25, 0.3) is 5.82 Å². The van der Waals surface area contributed by atoms with Crippen LogP contribution in [-0.4, -0.2) is 61.2 Å². The highest BCUT2D eigenvalue weighted by Crippen LogP contribution is 2.25. The maximum absolute atomic E-state index is 13.0. The van der Waals surface area contributed by atoms with Crippen molar-refractivity contribution in [3.05, 3.63) is 95.6 Å². The van der Waals surface area contributed by atoms with Gasteiger partial charge in [0.15, 0.2) is 0 Å². The first-order chi connectivity index (χ1) is 19.0. The molecule has 1 aromatic heterocycles. The van der Waals surface area contributed by atoms with E-state index < -0.39 is 0 Å². The Labute approximate surface area is 232 Å². The Morgan fingerprint density at radius 1 is 0.846 bits per heavy atom. The van der Waals surface area contributed by atoms with E-state index in [1.54, 1.807) is 0 Å². The maximum atomic E-state index is 13.0. The third-order valence-corrected chi connectivity index (χ3v) is 7.79. The van der Waals surface area contributed by atoms with Crippen molar-refractivity contribution in [3.63, 3.8) is 0 Å². The summed E-state index contributed by atoms with van der Waals surface area (Å²) in [7, 11) is 0. The van der Waals surface area contributed by atoms with Gasteiger partial charge >= 0.3 is 0 Å². The van der Waals surface area contributed by atoms with Crippen LogP contribution in [0.2, 0.25) is 0 Å². The van der Waals surface area contributed by atoms with Crippen LogP contribution in [0.15, 0.2) is 78.4 Å². The molecule has 2 fully saturated rings. The molecule has 3 heterocycles. The third-order valence-electron chi connectivity index (χ3n) is 7.79. The Morgan fingerprint density at radius 3 is 2.23 bits per heavy atom. The number of aromatic nitrogens is 1. The largest absolute Gasteiger partial charge is 0.372 e. The summed E-state index contributed by atoms with van der Waals surface area (Å²) in [5, 5.41) is 3.23. The average molecular weight is 525 g/mol. The van der Waals surface area contributed by atoms with E-state index in [1.807, 2.05) is 33.9 Å². The molecule has 0 saturated carbocycles. The van der Waals surface area contributed by atoms with Crippen molar-refractivity contribution in [3.8, 4) is 0 Å². The van der Waals surface area contributed by atoms with E-state index in [9.17, 15) is 4.79 Å². The van der Waals surface area contributed by atoms with Crippen molar-refractivity contribution in [2.24, 2.45) is 4.99 Å². The molecule has 2 aliphatic rings. The molecule has 0 unspecified atom stereocenters. The summed E-state index contributed by atoms with van der Waals surface area (Å²) in [6.45, 7) is 14.7. The molecule has 0 spiro atoms. The summed E-state index contributed by atoms with van der Waals surface area (Å²) in [6, 6.07) is 21.0. The van der Waals surface area contributed by atoms with Crippen LogP contribution in [0, 0.1) is 13.8 Å². The van der Waals surface area contributed by atoms with Gasteiger partial charge in [0.2, 0.25) is 5.91 Å². The molecule has 2 aromatic carbocycles. The summed E-state index contributed by atoms with van der Waals surface area (Å²) in [4.78, 5) is 24.6. The lowest BCUT2D eigenvalue weighted by Crippen LogP contribution is -2.51. The van der Waals surface area contributed by atoms with Crippen LogP contribution in [0.4, 0.5) is 11.4 Å². The van der Waals surface area contributed by atoms with Crippen LogP contribution in [-0.2, 0) is 11.3 Å². The van der Waals surface area contributed by atoms with Crippen molar-refractivity contribution in [2.75, 3.05) is 55.6 Å². The molecule has 39 heavy (non-hydrogen) atoms. The quantitative estimate of drug-likeness (QED) is 0.481. The second-order valence-electron chi connectivity index (χ2n) is 10.5. The molecule has 2 aliphatic heterocycles. The normalized spacial score (nSPS) is 16.1. The second kappa shape index (κ2) is 12.2. The van der Waals surface area contributed by atoms with Gasteiger partial charge in [-0.3, -0.25) is 14.4 Å². The van der Waals surface area contributed by atoms with E-state index >= 15 is 0 Å². The molecule has 0 atom stereocenters. The molecule has 0 bridgehead atoms. The minimum atomic E-state index is 0.0883. The van der Waals surface area contributed by atoms with Crippen molar-refractivity contribution in [1.82, 2.24) is 14.8 Å². The molecular weight excluding hydrogens is 484 g/mol. The molecule has 7 nitrogen and oxygen atoms in total. The van der Waals surface area contributed by atoms with Crippen molar-refractivity contribution >= 4 is 23.1 Å². The van der Waals surface area contributed by atoms with Crippen molar-refractivity contribution in [2.45, 2.75) is 33.2 Å². The van der Waals surface area contributed by atoms with Gasteiger partial charge in [-0.1, -0.05) is 43.0 Å². The summed E-state index contributed by atoms with van der Waals surface area (Å²) in [5.74, 6) is 0.728. The third kappa shape index (κ3) is 6.36. The molecule has 7 heteroatoms. The lowest BCUT2D eigenvalue weighted by atomic mass is 10.1. The number of hydrogen-bond acceptors (Lipinski definition) is 5. The highest BCUT2D eigenvalue weighted by Gasteiger charge is 2.23. The number of nitrogens with zero attached hydrogens (tertiary/aromatic N) is 5. The van der Waals surface area contributed by atoms with Crippen LogP contribution < -0.4 is 20.6 Å². The number of anilines is 2. The standard InChI is InChI=1S/C32H40N6O/c1-25-9-8-10-26(2)32(25)37-21-19-36(20-22-37)31(39)24-33-27(3)38-18-5-4-11-30(38)34-23-28-12-14-29(15-13-28)35-16-6-7-17-35/h4-5,8-15,18,33H,3,6-7,16-17,19-24H2,1-2H3/b34-30-. The van der Waals surface area contributed by atoms with E-state index in [4.69, 9.17) is 4.99 Å². The van der Waals surface area contributed by atoms with Gasteiger partial charge in [0.1, 0.15) is 11.3 Å². The summed E-state index contributed by atoms with van der Waals surface area (Å²) in [5.41, 5.74) is 7.13. The van der Waals surface area contributed by atoms with Crippen molar-refractivity contribution in [1.29, 1.82) is 0 Å². The van der Waals surface area contributed by atoms with E-state index in [0.717, 1.165) is 44.8 Å². The molecule has 0 aliphatic carbocycles. The number of aryl methyl sites for hydroxylation is 2. The van der Waals surface area contributed by atoms with Crippen LogP contribution in [0.3, 0.4) is 0 Å². The lowest BCUT2D eigenvalue weighted by Gasteiger charge is -2.37. The zero-order chi connectivity index (χ0) is 27.2. The van der Waals surface area contributed by atoms with Crippen LogP contribution in [0.5, 0.6) is 0 Å².